The Labute approximate surface area is 289 Å². The Morgan fingerprint density at radius 3 is 1.82 bits per heavy atom. The third-order valence-corrected chi connectivity index (χ3v) is 11.3. The Balaban J connectivity index is 1.49. The van der Waals surface area contributed by atoms with E-state index in [4.69, 9.17) is 9.97 Å². The topological polar surface area (TPSA) is 64.5 Å². The molecular formula is C43H27N5Se. The molecule has 0 atom stereocenters. The van der Waals surface area contributed by atoms with Crippen molar-refractivity contribution >= 4 is 33.8 Å². The summed E-state index contributed by atoms with van der Waals surface area (Å²) in [5.74, 6) is 0. The van der Waals surface area contributed by atoms with E-state index < -0.39 is 0 Å². The van der Waals surface area contributed by atoms with Crippen LogP contribution in [0, 0.1) is 0 Å². The van der Waals surface area contributed by atoms with Gasteiger partial charge < -0.3 is 0 Å². The van der Waals surface area contributed by atoms with Crippen LogP contribution in [0.15, 0.2) is 164 Å². The van der Waals surface area contributed by atoms with Crippen LogP contribution in [0.2, 0.25) is 0 Å². The number of rotatable bonds is 6. The molecule has 9 rings (SSSR count). The zero-order valence-electron chi connectivity index (χ0n) is 26.2. The fourth-order valence-corrected chi connectivity index (χ4v) is 9.12. The molecule has 4 aromatic heterocycles. The van der Waals surface area contributed by atoms with E-state index >= 15 is 0 Å². The molecule has 49 heavy (non-hydrogen) atoms. The van der Waals surface area contributed by atoms with Gasteiger partial charge in [-0.2, -0.15) is 0 Å². The molecule has 0 unspecified atom stereocenters. The minimum atomic E-state index is 0.167. The van der Waals surface area contributed by atoms with Crippen molar-refractivity contribution in [1.29, 1.82) is 0 Å². The quantitative estimate of drug-likeness (QED) is 0.162. The van der Waals surface area contributed by atoms with Gasteiger partial charge in [0.05, 0.1) is 0 Å². The first kappa shape index (κ1) is 29.1. The van der Waals surface area contributed by atoms with Crippen molar-refractivity contribution in [2.24, 2.45) is 0 Å². The molecule has 0 aliphatic rings. The number of fused-ring (bicyclic) bond motifs is 3. The first-order valence-electron chi connectivity index (χ1n) is 16.1. The van der Waals surface area contributed by atoms with Crippen LogP contribution >= 0.6 is 0 Å². The molecule has 9 aromatic rings. The Morgan fingerprint density at radius 1 is 0.429 bits per heavy atom. The monoisotopic (exact) mass is 693 g/mol. The van der Waals surface area contributed by atoms with E-state index in [9.17, 15) is 0 Å². The van der Waals surface area contributed by atoms with Crippen molar-refractivity contribution in [2.45, 2.75) is 0 Å². The zero-order chi connectivity index (χ0) is 32.6. The molecule has 0 fully saturated rings. The average Bonchev–Trinajstić information content (AvgIpc) is 3.57. The summed E-state index contributed by atoms with van der Waals surface area (Å²) in [6.45, 7) is 0. The van der Waals surface area contributed by atoms with Gasteiger partial charge in [-0.25, -0.2) is 0 Å². The summed E-state index contributed by atoms with van der Waals surface area (Å²) in [7, 11) is 0. The molecule has 0 saturated heterocycles. The summed E-state index contributed by atoms with van der Waals surface area (Å²) in [5.41, 5.74) is 11.6. The van der Waals surface area contributed by atoms with Crippen LogP contribution in [-0.2, 0) is 0 Å². The van der Waals surface area contributed by atoms with Crippen molar-refractivity contribution in [1.82, 2.24) is 25.4 Å². The fourth-order valence-electron chi connectivity index (χ4n) is 6.78. The van der Waals surface area contributed by atoms with Gasteiger partial charge in [0.2, 0.25) is 0 Å². The molecule has 0 amide bonds. The molecule has 0 N–H and O–H groups in total. The first-order chi connectivity index (χ1) is 24.3. The number of hydrogen-bond donors (Lipinski definition) is 0. The minimum absolute atomic E-state index is 0.167. The van der Waals surface area contributed by atoms with Crippen molar-refractivity contribution in [2.75, 3.05) is 0 Å². The number of nitrogens with zero attached hydrogens (tertiary/aromatic N) is 5. The van der Waals surface area contributed by atoms with E-state index in [1.54, 1.807) is 6.20 Å². The predicted octanol–water partition coefficient (Wildman–Crippen LogP) is 10.0. The van der Waals surface area contributed by atoms with Crippen molar-refractivity contribution < 1.29 is 0 Å². The van der Waals surface area contributed by atoms with E-state index in [0.29, 0.717) is 5.69 Å². The zero-order valence-corrected chi connectivity index (χ0v) is 27.9. The maximum atomic E-state index is 5.42. The standard InChI is InChI=1S/C43H27N5Se/c1-4-13-28(14-5-1)31-22-23-37-38(33-19-10-11-21-36(33)49-37)39(31)43-41(35-24-26-46-48-47-35)40(34(27-45-43)30-17-8-3-9-18-30)42-32(20-12-25-44-42)29-15-6-2-7-16-29/h1-27H. The van der Waals surface area contributed by atoms with Crippen LogP contribution in [0.25, 0.3) is 86.4 Å². The van der Waals surface area contributed by atoms with E-state index in [-0.39, 0.29) is 14.5 Å². The van der Waals surface area contributed by atoms with Gasteiger partial charge in [-0.05, 0) is 0 Å². The van der Waals surface area contributed by atoms with E-state index in [1.807, 2.05) is 36.7 Å². The number of aromatic nitrogens is 5. The number of benzene rings is 5. The Bertz CT molecular complexity index is 2590. The van der Waals surface area contributed by atoms with Crippen LogP contribution < -0.4 is 0 Å². The van der Waals surface area contributed by atoms with E-state index in [0.717, 1.165) is 61.5 Å². The SMILES string of the molecule is c1ccc(-c2cccnc2-c2c(-c3ccccc3)cnc(-c3c(-c4ccccc4)ccc4[se]c5ccccc5c34)c2-c2ccnnn2)cc1. The van der Waals surface area contributed by atoms with Gasteiger partial charge in [-0.3, -0.25) is 0 Å². The van der Waals surface area contributed by atoms with E-state index in [1.165, 1.54) is 19.3 Å². The van der Waals surface area contributed by atoms with Gasteiger partial charge >= 0.3 is 291 Å². The molecule has 0 spiro atoms. The van der Waals surface area contributed by atoms with Crippen LogP contribution in [0.5, 0.6) is 0 Å². The Hall–Kier alpha value is -6.07. The summed E-state index contributed by atoms with van der Waals surface area (Å²) in [5, 5.41) is 15.4. The van der Waals surface area contributed by atoms with Crippen molar-refractivity contribution in [3.05, 3.63) is 164 Å². The average molecular weight is 693 g/mol. The first-order valence-corrected chi connectivity index (χ1v) is 17.8. The van der Waals surface area contributed by atoms with Crippen LogP contribution in [0.3, 0.4) is 0 Å². The van der Waals surface area contributed by atoms with Gasteiger partial charge in [-0.15, -0.1) is 0 Å². The van der Waals surface area contributed by atoms with Gasteiger partial charge in [-0.1, -0.05) is 0 Å². The normalized spacial score (nSPS) is 11.3. The second kappa shape index (κ2) is 12.5. The molecule has 4 heterocycles. The molecule has 0 saturated carbocycles. The van der Waals surface area contributed by atoms with Crippen molar-refractivity contribution in [3.8, 4) is 67.2 Å². The summed E-state index contributed by atoms with van der Waals surface area (Å²) in [6, 6.07) is 50.9. The van der Waals surface area contributed by atoms with Crippen LogP contribution in [-0.4, -0.2) is 39.9 Å². The molecule has 0 aliphatic carbocycles. The molecule has 230 valence electrons. The summed E-state index contributed by atoms with van der Waals surface area (Å²) in [4.78, 5) is 10.6. The summed E-state index contributed by atoms with van der Waals surface area (Å²) >= 11 is 0.167. The van der Waals surface area contributed by atoms with Crippen LogP contribution in [0.4, 0.5) is 0 Å². The molecule has 0 radical (unpaired) electrons. The third-order valence-electron chi connectivity index (χ3n) is 8.92. The molecule has 5 nitrogen and oxygen atoms in total. The van der Waals surface area contributed by atoms with Gasteiger partial charge in [0.1, 0.15) is 0 Å². The van der Waals surface area contributed by atoms with Gasteiger partial charge in [0.15, 0.2) is 0 Å². The second-order valence-corrected chi connectivity index (χ2v) is 14.0. The molecule has 0 bridgehead atoms. The van der Waals surface area contributed by atoms with Crippen molar-refractivity contribution in [3.63, 3.8) is 0 Å². The Kier molecular flexibility index (Phi) is 7.43. The maximum absolute atomic E-state index is 5.42. The number of pyridine rings is 2. The molecule has 6 heteroatoms. The van der Waals surface area contributed by atoms with E-state index in [2.05, 4.69) is 137 Å². The molecule has 5 aromatic carbocycles. The van der Waals surface area contributed by atoms with Crippen LogP contribution in [0.1, 0.15) is 0 Å². The molecule has 0 aliphatic heterocycles. The Morgan fingerprint density at radius 2 is 1.10 bits per heavy atom. The predicted molar refractivity (Wildman–Crippen MR) is 200 cm³/mol. The van der Waals surface area contributed by atoms with Gasteiger partial charge in [0, 0.05) is 0 Å². The third kappa shape index (κ3) is 5.15. The number of hydrogen-bond acceptors (Lipinski definition) is 5. The molecular weight excluding hydrogens is 665 g/mol. The fraction of sp³-hybridized carbons (Fsp3) is 0. The van der Waals surface area contributed by atoms with Gasteiger partial charge in [0.25, 0.3) is 0 Å². The summed E-state index contributed by atoms with van der Waals surface area (Å²) in [6.07, 6.45) is 5.59. The summed E-state index contributed by atoms with van der Waals surface area (Å²) < 4.78 is 2.72. The second-order valence-electron chi connectivity index (χ2n) is 11.7.